The van der Waals surface area contributed by atoms with Crippen molar-refractivity contribution in [1.29, 1.82) is 0 Å². The minimum atomic E-state index is -0.667. The first kappa shape index (κ1) is 17.5. The van der Waals surface area contributed by atoms with Crippen LogP contribution in [0.3, 0.4) is 0 Å². The molecular formula is C18H27N5O3. The van der Waals surface area contributed by atoms with Gasteiger partial charge in [-0.1, -0.05) is 0 Å². The van der Waals surface area contributed by atoms with Crippen LogP contribution in [-0.2, 0) is 21.4 Å². The predicted molar refractivity (Wildman–Crippen MR) is 94.3 cm³/mol. The number of nitrogens with zero attached hydrogens (tertiary/aromatic N) is 5. The van der Waals surface area contributed by atoms with Crippen molar-refractivity contribution in [1.82, 2.24) is 24.5 Å². The van der Waals surface area contributed by atoms with Gasteiger partial charge in [-0.2, -0.15) is 5.10 Å². The average molecular weight is 361 g/mol. The first-order chi connectivity index (χ1) is 12.5. The molecule has 142 valence electrons. The van der Waals surface area contributed by atoms with Crippen LogP contribution in [0.15, 0.2) is 12.4 Å². The molecule has 4 heterocycles. The van der Waals surface area contributed by atoms with Gasteiger partial charge in [0.1, 0.15) is 6.61 Å². The van der Waals surface area contributed by atoms with Gasteiger partial charge in [-0.25, -0.2) is 0 Å². The van der Waals surface area contributed by atoms with Crippen molar-refractivity contribution in [2.75, 3.05) is 39.8 Å². The van der Waals surface area contributed by atoms with E-state index in [-0.39, 0.29) is 18.4 Å². The number of aromatic nitrogens is 2. The van der Waals surface area contributed by atoms with E-state index >= 15 is 0 Å². The Labute approximate surface area is 153 Å². The third-order valence-corrected chi connectivity index (χ3v) is 5.93. The lowest BCUT2D eigenvalue weighted by Crippen LogP contribution is -2.53. The van der Waals surface area contributed by atoms with Crippen molar-refractivity contribution in [2.24, 2.45) is 7.05 Å². The van der Waals surface area contributed by atoms with E-state index in [1.54, 1.807) is 22.8 Å². The Kier molecular flexibility index (Phi) is 4.71. The molecule has 3 aliphatic heterocycles. The van der Waals surface area contributed by atoms with Crippen LogP contribution in [-0.4, -0.2) is 88.3 Å². The first-order valence-electron chi connectivity index (χ1n) is 9.43. The maximum absolute atomic E-state index is 13.2. The van der Waals surface area contributed by atoms with E-state index in [1.807, 2.05) is 18.1 Å². The van der Waals surface area contributed by atoms with Gasteiger partial charge in [0.25, 0.3) is 5.91 Å². The van der Waals surface area contributed by atoms with Gasteiger partial charge in [-0.15, -0.1) is 0 Å². The SMILES string of the molecule is CN1C(=O)CO[C@H](C(=O)N2CCC(N3CCCC3)C2)[C@H]1c1cnn(C)c1. The maximum Gasteiger partial charge on any atom is 0.254 e. The summed E-state index contributed by atoms with van der Waals surface area (Å²) in [6, 6.07) is 0.0320. The monoisotopic (exact) mass is 361 g/mol. The van der Waals surface area contributed by atoms with Crippen LogP contribution < -0.4 is 0 Å². The molecule has 0 spiro atoms. The summed E-state index contributed by atoms with van der Waals surface area (Å²) < 4.78 is 7.42. The molecule has 4 rings (SSSR count). The summed E-state index contributed by atoms with van der Waals surface area (Å²) in [5.74, 6) is -0.126. The molecule has 2 amide bonds. The van der Waals surface area contributed by atoms with E-state index in [0.29, 0.717) is 6.04 Å². The lowest BCUT2D eigenvalue weighted by Gasteiger charge is -2.39. The summed E-state index contributed by atoms with van der Waals surface area (Å²) in [6.07, 6.45) is 6.42. The van der Waals surface area contributed by atoms with Gasteiger partial charge in [-0.05, 0) is 32.4 Å². The summed E-state index contributed by atoms with van der Waals surface area (Å²) >= 11 is 0. The molecular weight excluding hydrogens is 334 g/mol. The predicted octanol–water partition coefficient (Wildman–Crippen LogP) is 0.0151. The van der Waals surface area contributed by atoms with E-state index < -0.39 is 12.1 Å². The normalized spacial score (nSPS) is 30.4. The minimum Gasteiger partial charge on any atom is -0.356 e. The van der Waals surface area contributed by atoms with Crippen molar-refractivity contribution in [3.05, 3.63) is 18.0 Å². The van der Waals surface area contributed by atoms with E-state index in [0.717, 1.165) is 38.2 Å². The van der Waals surface area contributed by atoms with Crippen LogP contribution in [0, 0.1) is 0 Å². The number of amides is 2. The van der Waals surface area contributed by atoms with Gasteiger partial charge in [0.2, 0.25) is 5.91 Å². The largest absolute Gasteiger partial charge is 0.356 e. The smallest absolute Gasteiger partial charge is 0.254 e. The summed E-state index contributed by atoms with van der Waals surface area (Å²) in [7, 11) is 3.56. The number of morpholine rings is 1. The van der Waals surface area contributed by atoms with Crippen molar-refractivity contribution in [2.45, 2.75) is 37.5 Å². The molecule has 0 saturated carbocycles. The second-order valence-corrected chi connectivity index (χ2v) is 7.60. The molecule has 1 unspecified atom stereocenters. The van der Waals surface area contributed by atoms with Gasteiger partial charge in [0.05, 0.1) is 12.2 Å². The molecule has 0 radical (unpaired) electrons. The molecule has 3 fully saturated rings. The highest BCUT2D eigenvalue weighted by Gasteiger charge is 2.44. The highest BCUT2D eigenvalue weighted by molar-refractivity contribution is 5.86. The topological polar surface area (TPSA) is 70.9 Å². The fourth-order valence-corrected chi connectivity index (χ4v) is 4.44. The number of hydrogen-bond donors (Lipinski definition) is 0. The third-order valence-electron chi connectivity index (χ3n) is 5.93. The molecule has 3 saturated heterocycles. The van der Waals surface area contributed by atoms with Crippen LogP contribution in [0.1, 0.15) is 30.9 Å². The second kappa shape index (κ2) is 7.00. The summed E-state index contributed by atoms with van der Waals surface area (Å²) in [6.45, 7) is 3.75. The molecule has 3 atom stereocenters. The number of likely N-dealkylation sites (tertiary alicyclic amines) is 2. The zero-order valence-corrected chi connectivity index (χ0v) is 15.5. The van der Waals surface area contributed by atoms with Crippen molar-refractivity contribution < 1.29 is 14.3 Å². The third kappa shape index (κ3) is 3.12. The van der Waals surface area contributed by atoms with Crippen molar-refractivity contribution >= 4 is 11.8 Å². The number of likely N-dealkylation sites (N-methyl/N-ethyl adjacent to an activating group) is 1. The van der Waals surface area contributed by atoms with Crippen LogP contribution in [0.4, 0.5) is 0 Å². The molecule has 0 aromatic carbocycles. The Balaban J connectivity index is 1.50. The van der Waals surface area contributed by atoms with Crippen molar-refractivity contribution in [3.8, 4) is 0 Å². The number of rotatable bonds is 3. The lowest BCUT2D eigenvalue weighted by atomic mass is 10.0. The van der Waals surface area contributed by atoms with Gasteiger partial charge in [0.15, 0.2) is 6.10 Å². The molecule has 0 bridgehead atoms. The second-order valence-electron chi connectivity index (χ2n) is 7.60. The minimum absolute atomic E-state index is 0.0140. The standard InChI is InChI=1S/C18H27N5O3/c1-20-10-13(9-19-20)16-17(26-12-15(24)21(16)2)18(25)23-8-5-14(11-23)22-6-3-4-7-22/h9-10,14,16-17H,3-8,11-12H2,1-2H3/t14?,16-,17+/m1/s1. The summed E-state index contributed by atoms with van der Waals surface area (Å²) in [5, 5.41) is 4.20. The molecule has 8 heteroatoms. The Bertz CT molecular complexity index is 684. The quantitative estimate of drug-likeness (QED) is 0.759. The van der Waals surface area contributed by atoms with Gasteiger partial charge in [-0.3, -0.25) is 19.2 Å². The zero-order chi connectivity index (χ0) is 18.3. The fourth-order valence-electron chi connectivity index (χ4n) is 4.44. The first-order valence-corrected chi connectivity index (χ1v) is 9.43. The van der Waals surface area contributed by atoms with E-state index in [4.69, 9.17) is 4.74 Å². The van der Waals surface area contributed by atoms with Crippen LogP contribution >= 0.6 is 0 Å². The number of carbonyl (C=O) groups is 2. The molecule has 3 aliphatic rings. The molecule has 26 heavy (non-hydrogen) atoms. The zero-order valence-electron chi connectivity index (χ0n) is 15.5. The van der Waals surface area contributed by atoms with Gasteiger partial charge >= 0.3 is 0 Å². The molecule has 1 aromatic rings. The summed E-state index contributed by atoms with van der Waals surface area (Å²) in [5.41, 5.74) is 0.830. The molecule has 0 N–H and O–H groups in total. The van der Waals surface area contributed by atoms with Gasteiger partial charge < -0.3 is 14.5 Å². The maximum atomic E-state index is 13.2. The lowest BCUT2D eigenvalue weighted by molar-refractivity contribution is -0.167. The highest BCUT2D eigenvalue weighted by atomic mass is 16.5. The summed E-state index contributed by atoms with van der Waals surface area (Å²) in [4.78, 5) is 31.4. The van der Waals surface area contributed by atoms with E-state index in [2.05, 4.69) is 10.00 Å². The van der Waals surface area contributed by atoms with E-state index in [1.165, 1.54) is 12.8 Å². The fraction of sp³-hybridized carbons (Fsp3) is 0.722. The average Bonchev–Trinajstić information content (AvgIpc) is 3.37. The van der Waals surface area contributed by atoms with E-state index in [9.17, 15) is 9.59 Å². The highest BCUT2D eigenvalue weighted by Crippen LogP contribution is 2.31. The Hall–Kier alpha value is -1.93. The molecule has 1 aromatic heterocycles. The van der Waals surface area contributed by atoms with Crippen LogP contribution in [0.25, 0.3) is 0 Å². The Morgan fingerprint density at radius 3 is 2.69 bits per heavy atom. The van der Waals surface area contributed by atoms with Crippen LogP contribution in [0.5, 0.6) is 0 Å². The number of carbonyl (C=O) groups excluding carboxylic acids is 2. The molecule has 8 nitrogen and oxygen atoms in total. The Morgan fingerprint density at radius 1 is 1.23 bits per heavy atom. The number of ether oxygens (including phenoxy) is 1. The van der Waals surface area contributed by atoms with Gasteiger partial charge in [0, 0.05) is 45.0 Å². The van der Waals surface area contributed by atoms with Crippen molar-refractivity contribution in [3.63, 3.8) is 0 Å². The number of aryl methyl sites for hydroxylation is 1. The molecule has 0 aliphatic carbocycles. The number of hydrogen-bond acceptors (Lipinski definition) is 5. The van der Waals surface area contributed by atoms with Crippen LogP contribution in [0.2, 0.25) is 0 Å². The Morgan fingerprint density at radius 2 is 2.00 bits per heavy atom.